The fourth-order valence-electron chi connectivity index (χ4n) is 2.43. The van der Waals surface area contributed by atoms with Crippen molar-refractivity contribution in [3.8, 4) is 11.6 Å². The van der Waals surface area contributed by atoms with Crippen LogP contribution in [-0.4, -0.2) is 11.2 Å². The van der Waals surface area contributed by atoms with E-state index < -0.39 is 12.6 Å². The Hall–Kier alpha value is -1.75. The molecule has 1 aromatic heterocycles. The molecule has 0 bridgehead atoms. The third-order valence-corrected chi connectivity index (χ3v) is 3.70. The SMILES string of the molecule is Cc1cc(CC(F)(F)F)c(C)c(Oc2c(C)cc(Cl)cc2C)n1. The number of benzene rings is 1. The zero-order valence-corrected chi connectivity index (χ0v) is 14.1. The molecule has 1 heterocycles. The molecule has 0 radical (unpaired) electrons. The topological polar surface area (TPSA) is 22.1 Å². The fraction of sp³-hybridized carbons (Fsp3) is 0.353. The molecule has 0 spiro atoms. The fourth-order valence-corrected chi connectivity index (χ4v) is 2.76. The number of ether oxygens (including phenoxy) is 1. The van der Waals surface area contributed by atoms with E-state index in [9.17, 15) is 13.2 Å². The van der Waals surface area contributed by atoms with E-state index >= 15 is 0 Å². The second kappa shape index (κ2) is 6.40. The summed E-state index contributed by atoms with van der Waals surface area (Å²) >= 11 is 5.98. The predicted octanol–water partition coefficient (Wildman–Crippen LogP) is 5.87. The van der Waals surface area contributed by atoms with E-state index in [1.807, 2.05) is 13.8 Å². The van der Waals surface area contributed by atoms with Crippen LogP contribution in [-0.2, 0) is 6.42 Å². The average molecular weight is 344 g/mol. The van der Waals surface area contributed by atoms with E-state index in [2.05, 4.69) is 4.98 Å². The van der Waals surface area contributed by atoms with Gasteiger partial charge in [0.15, 0.2) is 0 Å². The van der Waals surface area contributed by atoms with Gasteiger partial charge in [0.05, 0.1) is 6.42 Å². The summed E-state index contributed by atoms with van der Waals surface area (Å²) in [4.78, 5) is 4.24. The molecule has 0 amide bonds. The number of aryl methyl sites for hydroxylation is 3. The molecule has 2 rings (SSSR count). The van der Waals surface area contributed by atoms with Crippen LogP contribution < -0.4 is 4.74 Å². The Morgan fingerprint density at radius 1 is 1.04 bits per heavy atom. The van der Waals surface area contributed by atoms with Crippen LogP contribution in [0.3, 0.4) is 0 Å². The number of hydrogen-bond donors (Lipinski definition) is 0. The van der Waals surface area contributed by atoms with E-state index in [1.54, 1.807) is 26.0 Å². The van der Waals surface area contributed by atoms with E-state index in [-0.39, 0.29) is 11.4 Å². The highest BCUT2D eigenvalue weighted by Crippen LogP contribution is 2.34. The van der Waals surface area contributed by atoms with Crippen molar-refractivity contribution in [2.45, 2.75) is 40.3 Å². The third-order valence-electron chi connectivity index (χ3n) is 3.48. The monoisotopic (exact) mass is 343 g/mol. The van der Waals surface area contributed by atoms with Crippen LogP contribution in [0.25, 0.3) is 0 Å². The van der Waals surface area contributed by atoms with Gasteiger partial charge < -0.3 is 4.74 Å². The number of halogens is 4. The van der Waals surface area contributed by atoms with E-state index in [1.165, 1.54) is 6.07 Å². The van der Waals surface area contributed by atoms with Gasteiger partial charge in [-0.2, -0.15) is 13.2 Å². The van der Waals surface area contributed by atoms with Crippen molar-refractivity contribution in [3.05, 3.63) is 51.2 Å². The second-order valence-corrected chi connectivity index (χ2v) is 6.05. The van der Waals surface area contributed by atoms with Crippen LogP contribution in [0.1, 0.15) is 27.9 Å². The van der Waals surface area contributed by atoms with E-state index in [0.717, 1.165) is 11.1 Å². The van der Waals surface area contributed by atoms with Crippen molar-refractivity contribution < 1.29 is 17.9 Å². The maximum Gasteiger partial charge on any atom is 0.393 e. The Morgan fingerprint density at radius 2 is 1.61 bits per heavy atom. The quantitative estimate of drug-likeness (QED) is 0.695. The third kappa shape index (κ3) is 4.38. The van der Waals surface area contributed by atoms with Crippen molar-refractivity contribution in [2.24, 2.45) is 0 Å². The minimum atomic E-state index is -4.28. The molecule has 0 aliphatic heterocycles. The van der Waals surface area contributed by atoms with Gasteiger partial charge in [0.25, 0.3) is 0 Å². The van der Waals surface area contributed by atoms with Crippen LogP contribution in [0.15, 0.2) is 18.2 Å². The minimum absolute atomic E-state index is 0.171. The first kappa shape index (κ1) is 17.6. The lowest BCUT2D eigenvalue weighted by Gasteiger charge is -2.16. The summed E-state index contributed by atoms with van der Waals surface area (Å²) in [5.74, 6) is 0.756. The Kier molecular flexibility index (Phi) is 4.90. The molecule has 2 aromatic rings. The molecule has 2 nitrogen and oxygen atoms in total. The first-order chi connectivity index (χ1) is 10.6. The highest BCUT2D eigenvalue weighted by molar-refractivity contribution is 6.30. The lowest BCUT2D eigenvalue weighted by molar-refractivity contribution is -0.127. The Morgan fingerprint density at radius 3 is 2.13 bits per heavy atom. The number of pyridine rings is 1. The summed E-state index contributed by atoms with van der Waals surface area (Å²) in [5.41, 5.74) is 2.64. The zero-order chi connectivity index (χ0) is 17.4. The molecule has 0 fully saturated rings. The molecule has 0 atom stereocenters. The van der Waals surface area contributed by atoms with Crippen molar-refractivity contribution in [2.75, 3.05) is 0 Å². The minimum Gasteiger partial charge on any atom is -0.438 e. The largest absolute Gasteiger partial charge is 0.438 e. The van der Waals surface area contributed by atoms with Gasteiger partial charge in [0.1, 0.15) is 5.75 Å². The predicted molar refractivity (Wildman–Crippen MR) is 84.5 cm³/mol. The van der Waals surface area contributed by atoms with Crippen molar-refractivity contribution in [1.82, 2.24) is 4.98 Å². The first-order valence-corrected chi connectivity index (χ1v) is 7.43. The van der Waals surface area contributed by atoms with Gasteiger partial charge in [-0.3, -0.25) is 0 Å². The van der Waals surface area contributed by atoms with Gasteiger partial charge in [-0.15, -0.1) is 0 Å². The van der Waals surface area contributed by atoms with Crippen LogP contribution in [0.2, 0.25) is 5.02 Å². The molecule has 0 N–H and O–H groups in total. The summed E-state index contributed by atoms with van der Waals surface area (Å²) in [5, 5.41) is 0.582. The maximum atomic E-state index is 12.7. The number of aromatic nitrogens is 1. The number of hydrogen-bond acceptors (Lipinski definition) is 2. The van der Waals surface area contributed by atoms with Crippen molar-refractivity contribution in [1.29, 1.82) is 0 Å². The Bertz CT molecular complexity index is 718. The number of rotatable bonds is 3. The number of alkyl halides is 3. The van der Waals surface area contributed by atoms with Crippen molar-refractivity contribution in [3.63, 3.8) is 0 Å². The van der Waals surface area contributed by atoms with Gasteiger partial charge >= 0.3 is 6.18 Å². The first-order valence-electron chi connectivity index (χ1n) is 7.05. The van der Waals surface area contributed by atoms with Gasteiger partial charge in [-0.1, -0.05) is 11.6 Å². The molecule has 0 unspecified atom stereocenters. The molecule has 1 aromatic carbocycles. The van der Waals surface area contributed by atoms with Crippen molar-refractivity contribution >= 4 is 11.6 Å². The lowest BCUT2D eigenvalue weighted by Crippen LogP contribution is -2.13. The maximum absolute atomic E-state index is 12.7. The van der Waals surface area contributed by atoms with Gasteiger partial charge in [-0.25, -0.2) is 4.98 Å². The normalized spacial score (nSPS) is 11.7. The molecular formula is C17H17ClF3NO. The summed E-state index contributed by atoms with van der Waals surface area (Å²) in [7, 11) is 0. The van der Waals surface area contributed by atoms with Gasteiger partial charge in [0.2, 0.25) is 5.88 Å². The van der Waals surface area contributed by atoms with E-state index in [4.69, 9.17) is 16.3 Å². The summed E-state index contributed by atoms with van der Waals surface area (Å²) < 4.78 is 43.9. The van der Waals surface area contributed by atoms with Gasteiger partial charge in [-0.05, 0) is 62.6 Å². The molecule has 0 saturated heterocycles. The highest BCUT2D eigenvalue weighted by Gasteiger charge is 2.29. The Balaban J connectivity index is 2.45. The van der Waals surface area contributed by atoms with Crippen LogP contribution in [0, 0.1) is 27.7 Å². The van der Waals surface area contributed by atoms with Crippen LogP contribution in [0.5, 0.6) is 11.6 Å². The standard InChI is InChI=1S/C17H17ClF3NO/c1-9-5-14(18)6-10(2)15(9)23-16-12(4)13(7-11(3)22-16)8-17(19,20)21/h5-7H,8H2,1-4H3. The smallest absolute Gasteiger partial charge is 0.393 e. The molecular weight excluding hydrogens is 327 g/mol. The summed E-state index contributed by atoms with van der Waals surface area (Å²) in [6, 6.07) is 4.93. The van der Waals surface area contributed by atoms with E-state index in [0.29, 0.717) is 22.0 Å². The summed E-state index contributed by atoms with van der Waals surface area (Å²) in [6.07, 6.45) is -5.28. The van der Waals surface area contributed by atoms with Gasteiger partial charge in [0, 0.05) is 16.3 Å². The molecule has 0 aliphatic rings. The summed E-state index contributed by atoms with van der Waals surface area (Å²) in [6.45, 7) is 6.89. The molecule has 0 saturated carbocycles. The second-order valence-electron chi connectivity index (χ2n) is 5.62. The zero-order valence-electron chi connectivity index (χ0n) is 13.3. The number of nitrogens with zero attached hydrogens (tertiary/aromatic N) is 1. The highest BCUT2D eigenvalue weighted by atomic mass is 35.5. The Labute approximate surface area is 138 Å². The molecule has 23 heavy (non-hydrogen) atoms. The molecule has 0 aliphatic carbocycles. The molecule has 6 heteroatoms. The molecule has 124 valence electrons. The van der Waals surface area contributed by atoms with Crippen LogP contribution in [0.4, 0.5) is 13.2 Å². The lowest BCUT2D eigenvalue weighted by atomic mass is 10.1. The van der Waals surface area contributed by atoms with Crippen LogP contribution >= 0.6 is 11.6 Å². The average Bonchev–Trinajstić information content (AvgIpc) is 2.37.